The first-order chi connectivity index (χ1) is 7.11. The highest BCUT2D eigenvalue weighted by Gasteiger charge is 2.13. The van der Waals surface area contributed by atoms with Crippen LogP contribution in [0, 0.1) is 6.92 Å². The van der Waals surface area contributed by atoms with E-state index < -0.39 is 0 Å². The van der Waals surface area contributed by atoms with Crippen LogP contribution < -0.4 is 5.63 Å². The molecule has 0 atom stereocenters. The van der Waals surface area contributed by atoms with Crippen molar-refractivity contribution in [3.63, 3.8) is 0 Å². The molecular formula is C13H14O2. The molecule has 0 aliphatic heterocycles. The first-order valence-electron chi connectivity index (χ1n) is 5.13. The lowest BCUT2D eigenvalue weighted by Crippen LogP contribution is -2.11. The molecule has 0 unspecified atom stereocenters. The van der Waals surface area contributed by atoms with Crippen LogP contribution >= 0.6 is 0 Å². The van der Waals surface area contributed by atoms with Crippen LogP contribution in [0.4, 0.5) is 0 Å². The van der Waals surface area contributed by atoms with E-state index in [1.165, 1.54) is 0 Å². The van der Waals surface area contributed by atoms with Gasteiger partial charge >= 0.3 is 5.63 Å². The Morgan fingerprint density at radius 2 is 1.87 bits per heavy atom. The van der Waals surface area contributed by atoms with Gasteiger partial charge in [-0.2, -0.15) is 0 Å². The van der Waals surface area contributed by atoms with Gasteiger partial charge in [0.15, 0.2) is 0 Å². The molecule has 0 spiro atoms. The van der Waals surface area contributed by atoms with E-state index in [1.54, 1.807) is 0 Å². The monoisotopic (exact) mass is 202 g/mol. The molecule has 0 bridgehead atoms. The molecule has 2 rings (SSSR count). The molecule has 1 aromatic carbocycles. The smallest absolute Gasteiger partial charge is 0.339 e. The average molecular weight is 202 g/mol. The summed E-state index contributed by atoms with van der Waals surface area (Å²) in [7, 11) is 0. The quantitative estimate of drug-likeness (QED) is 0.664. The third-order valence-electron chi connectivity index (χ3n) is 2.69. The maximum atomic E-state index is 11.7. The lowest BCUT2D eigenvalue weighted by atomic mass is 9.98. The Hall–Kier alpha value is -1.57. The van der Waals surface area contributed by atoms with Crippen LogP contribution in [-0.4, -0.2) is 0 Å². The molecule has 0 N–H and O–H groups in total. The summed E-state index contributed by atoms with van der Waals surface area (Å²) in [6, 6.07) is 7.65. The van der Waals surface area contributed by atoms with Crippen molar-refractivity contribution >= 4 is 11.0 Å². The first-order valence-corrected chi connectivity index (χ1v) is 5.13. The van der Waals surface area contributed by atoms with Crippen LogP contribution in [0.3, 0.4) is 0 Å². The van der Waals surface area contributed by atoms with E-state index in [9.17, 15) is 4.79 Å². The number of aryl methyl sites for hydroxylation is 1. The number of hydrogen-bond acceptors (Lipinski definition) is 2. The second-order valence-corrected chi connectivity index (χ2v) is 4.08. The average Bonchev–Trinajstić information content (AvgIpc) is 2.17. The van der Waals surface area contributed by atoms with Gasteiger partial charge in [0.05, 0.1) is 0 Å². The van der Waals surface area contributed by atoms with Crippen molar-refractivity contribution < 1.29 is 4.42 Å². The van der Waals surface area contributed by atoms with E-state index in [4.69, 9.17) is 4.42 Å². The molecule has 0 radical (unpaired) electrons. The van der Waals surface area contributed by atoms with Gasteiger partial charge in [-0.05, 0) is 24.5 Å². The molecule has 0 aliphatic rings. The fraction of sp³-hybridized carbons (Fsp3) is 0.308. The predicted molar refractivity (Wildman–Crippen MR) is 61.3 cm³/mol. The molecule has 0 amide bonds. The number of rotatable bonds is 1. The number of hydrogen-bond donors (Lipinski definition) is 0. The van der Waals surface area contributed by atoms with Gasteiger partial charge in [0.2, 0.25) is 0 Å². The van der Waals surface area contributed by atoms with Gasteiger partial charge < -0.3 is 4.42 Å². The van der Waals surface area contributed by atoms with E-state index >= 15 is 0 Å². The Morgan fingerprint density at radius 1 is 1.20 bits per heavy atom. The van der Waals surface area contributed by atoms with Gasteiger partial charge in [-0.3, -0.25) is 0 Å². The lowest BCUT2D eigenvalue weighted by molar-refractivity contribution is 0.542. The van der Waals surface area contributed by atoms with Crippen molar-refractivity contribution in [2.75, 3.05) is 0 Å². The molecule has 1 heterocycles. The van der Waals surface area contributed by atoms with E-state index in [0.29, 0.717) is 5.58 Å². The van der Waals surface area contributed by atoms with Crippen LogP contribution in [0.15, 0.2) is 33.5 Å². The van der Waals surface area contributed by atoms with Crippen LogP contribution in [0.5, 0.6) is 0 Å². The largest absolute Gasteiger partial charge is 0.423 e. The minimum atomic E-state index is -0.207. The highest BCUT2D eigenvalue weighted by atomic mass is 16.4. The van der Waals surface area contributed by atoms with Crippen molar-refractivity contribution in [2.45, 2.75) is 26.7 Å². The van der Waals surface area contributed by atoms with Crippen LogP contribution in [-0.2, 0) is 0 Å². The molecule has 2 heteroatoms. The van der Waals surface area contributed by atoms with Gasteiger partial charge in [-0.1, -0.05) is 32.0 Å². The minimum Gasteiger partial charge on any atom is -0.423 e. The predicted octanol–water partition coefficient (Wildman–Crippen LogP) is 3.22. The van der Waals surface area contributed by atoms with E-state index in [0.717, 1.165) is 16.5 Å². The van der Waals surface area contributed by atoms with E-state index in [1.807, 2.05) is 45.0 Å². The zero-order chi connectivity index (χ0) is 11.0. The summed E-state index contributed by atoms with van der Waals surface area (Å²) >= 11 is 0. The molecule has 2 aromatic rings. The Bertz CT molecular complexity index is 550. The summed E-state index contributed by atoms with van der Waals surface area (Å²) in [5.41, 5.74) is 2.29. The summed E-state index contributed by atoms with van der Waals surface area (Å²) < 4.78 is 5.28. The van der Waals surface area contributed by atoms with Gasteiger partial charge in [-0.25, -0.2) is 4.79 Å². The zero-order valence-corrected chi connectivity index (χ0v) is 9.20. The Morgan fingerprint density at radius 3 is 2.53 bits per heavy atom. The normalized spacial score (nSPS) is 11.2. The van der Waals surface area contributed by atoms with Crippen LogP contribution in [0.1, 0.15) is 30.9 Å². The van der Waals surface area contributed by atoms with E-state index in [2.05, 4.69) is 0 Å². The van der Waals surface area contributed by atoms with Crippen molar-refractivity contribution in [2.24, 2.45) is 0 Å². The van der Waals surface area contributed by atoms with Crippen LogP contribution in [0.25, 0.3) is 11.0 Å². The molecule has 15 heavy (non-hydrogen) atoms. The number of fused-ring (bicyclic) bond motifs is 1. The van der Waals surface area contributed by atoms with Crippen LogP contribution in [0.2, 0.25) is 0 Å². The molecular weight excluding hydrogens is 188 g/mol. The molecule has 1 aromatic heterocycles. The van der Waals surface area contributed by atoms with Gasteiger partial charge in [-0.15, -0.1) is 0 Å². The molecule has 78 valence electrons. The fourth-order valence-electron chi connectivity index (χ4n) is 1.99. The van der Waals surface area contributed by atoms with Crippen molar-refractivity contribution in [1.82, 2.24) is 0 Å². The third kappa shape index (κ3) is 1.56. The summed E-state index contributed by atoms with van der Waals surface area (Å²) in [5.74, 6) is 0.200. The highest BCUT2D eigenvalue weighted by Crippen LogP contribution is 2.23. The highest BCUT2D eigenvalue weighted by molar-refractivity contribution is 5.80. The third-order valence-corrected chi connectivity index (χ3v) is 2.69. The fourth-order valence-corrected chi connectivity index (χ4v) is 1.99. The Kier molecular flexibility index (Phi) is 2.35. The van der Waals surface area contributed by atoms with Crippen molar-refractivity contribution in [3.05, 3.63) is 45.8 Å². The minimum absolute atomic E-state index is 0.200. The van der Waals surface area contributed by atoms with E-state index in [-0.39, 0.29) is 11.5 Å². The first kappa shape index (κ1) is 9.97. The zero-order valence-electron chi connectivity index (χ0n) is 9.20. The summed E-state index contributed by atoms with van der Waals surface area (Å²) in [5, 5.41) is 1.03. The van der Waals surface area contributed by atoms with Gasteiger partial charge in [0.1, 0.15) is 5.58 Å². The molecule has 0 saturated heterocycles. The maximum absolute atomic E-state index is 11.7. The maximum Gasteiger partial charge on any atom is 0.339 e. The van der Waals surface area contributed by atoms with Gasteiger partial charge in [0, 0.05) is 10.9 Å². The van der Waals surface area contributed by atoms with Crippen molar-refractivity contribution in [3.8, 4) is 0 Å². The second kappa shape index (κ2) is 3.54. The Balaban J connectivity index is 2.90. The summed E-state index contributed by atoms with van der Waals surface area (Å²) in [6.07, 6.45) is 0. The number of para-hydroxylation sites is 1. The lowest BCUT2D eigenvalue weighted by Gasteiger charge is -2.09. The molecule has 0 aliphatic carbocycles. The second-order valence-electron chi connectivity index (χ2n) is 4.08. The standard InChI is InChI=1S/C13H14O2/c1-8(2)12-9(3)10-6-4-5-7-11(10)15-13(12)14/h4-8H,1-3H3. The molecule has 0 saturated carbocycles. The molecule has 2 nitrogen and oxygen atoms in total. The number of benzene rings is 1. The topological polar surface area (TPSA) is 30.2 Å². The summed E-state index contributed by atoms with van der Waals surface area (Å²) in [4.78, 5) is 11.7. The summed E-state index contributed by atoms with van der Waals surface area (Å²) in [6.45, 7) is 6.00. The van der Waals surface area contributed by atoms with Crippen molar-refractivity contribution in [1.29, 1.82) is 0 Å². The van der Waals surface area contributed by atoms with Gasteiger partial charge in [0.25, 0.3) is 0 Å². The Labute approximate surface area is 88.5 Å². The molecule has 0 fully saturated rings. The SMILES string of the molecule is Cc1c(C(C)C)c(=O)oc2ccccc12.